The fourth-order valence-corrected chi connectivity index (χ4v) is 2.96. The minimum absolute atomic E-state index is 0.544. The number of nitrogens with two attached hydrogens (primary N) is 1. The van der Waals surface area contributed by atoms with Gasteiger partial charge in [0.15, 0.2) is 0 Å². The van der Waals surface area contributed by atoms with Crippen molar-refractivity contribution in [3.05, 3.63) is 11.4 Å². The van der Waals surface area contributed by atoms with Crippen molar-refractivity contribution in [3.63, 3.8) is 0 Å². The van der Waals surface area contributed by atoms with E-state index in [1.54, 1.807) is 0 Å². The van der Waals surface area contributed by atoms with Crippen LogP contribution in [-0.2, 0) is 0 Å². The lowest BCUT2D eigenvalue weighted by Gasteiger charge is -2.36. The Balaban J connectivity index is 1.84. The lowest BCUT2D eigenvalue weighted by molar-refractivity contribution is 0.252. The molecule has 0 atom stereocenters. The van der Waals surface area contributed by atoms with Gasteiger partial charge in [0, 0.05) is 24.6 Å². The van der Waals surface area contributed by atoms with E-state index in [0.29, 0.717) is 17.8 Å². The van der Waals surface area contributed by atoms with Crippen molar-refractivity contribution in [1.82, 2.24) is 14.9 Å². The fourth-order valence-electron chi connectivity index (χ4n) is 2.96. The summed E-state index contributed by atoms with van der Waals surface area (Å²) in [5.74, 6) is 3.18. The summed E-state index contributed by atoms with van der Waals surface area (Å²) in [5.41, 5.74) is 7.11. The van der Waals surface area contributed by atoms with Crippen LogP contribution < -0.4 is 10.6 Å². The van der Waals surface area contributed by atoms with Gasteiger partial charge >= 0.3 is 0 Å². The smallest absolute Gasteiger partial charge is 0.137 e. The molecule has 3 rings (SSSR count). The van der Waals surface area contributed by atoms with Gasteiger partial charge < -0.3 is 15.5 Å². The lowest BCUT2D eigenvalue weighted by Crippen LogP contribution is -2.42. The second-order valence-corrected chi connectivity index (χ2v) is 6.34. The first kappa shape index (κ1) is 13.6. The summed E-state index contributed by atoms with van der Waals surface area (Å²) < 4.78 is 0. The number of anilines is 2. The number of rotatable bonds is 3. The van der Waals surface area contributed by atoms with Gasteiger partial charge in [0.1, 0.15) is 17.5 Å². The fraction of sp³-hybridized carbons (Fsp3) is 0.733. The van der Waals surface area contributed by atoms with Gasteiger partial charge in [-0.2, -0.15) is 0 Å². The molecule has 1 saturated carbocycles. The third-order valence-corrected chi connectivity index (χ3v) is 4.69. The molecular formula is C15H25N5. The van der Waals surface area contributed by atoms with E-state index >= 15 is 0 Å². The Bertz CT molecular complexity index is 489. The first-order valence-corrected chi connectivity index (χ1v) is 7.61. The Morgan fingerprint density at radius 3 is 2.40 bits per heavy atom. The average molecular weight is 275 g/mol. The van der Waals surface area contributed by atoms with Gasteiger partial charge in [0.25, 0.3) is 0 Å². The van der Waals surface area contributed by atoms with Gasteiger partial charge in [-0.3, -0.25) is 0 Å². The van der Waals surface area contributed by atoms with Crippen LogP contribution >= 0.6 is 0 Å². The number of nitrogens with zero attached hydrogens (tertiary/aromatic N) is 4. The molecule has 1 aromatic rings. The molecule has 0 spiro atoms. The van der Waals surface area contributed by atoms with Crippen LogP contribution in [0, 0.1) is 6.92 Å². The molecule has 0 amide bonds. The molecule has 2 N–H and O–H groups in total. The van der Waals surface area contributed by atoms with Crippen LogP contribution in [0.15, 0.2) is 0 Å². The summed E-state index contributed by atoms with van der Waals surface area (Å²) in [6.45, 7) is 4.35. The number of nitrogen functional groups attached to an aromatic ring is 1. The highest BCUT2D eigenvalue weighted by Crippen LogP contribution is 2.39. The Labute approximate surface area is 121 Å². The summed E-state index contributed by atoms with van der Waals surface area (Å²) >= 11 is 0. The summed E-state index contributed by atoms with van der Waals surface area (Å²) in [4.78, 5) is 14.0. The zero-order valence-corrected chi connectivity index (χ0v) is 12.8. The molecule has 0 aromatic carbocycles. The maximum Gasteiger partial charge on any atom is 0.137 e. The largest absolute Gasteiger partial charge is 0.383 e. The molecular weight excluding hydrogens is 250 g/mol. The third-order valence-electron chi connectivity index (χ3n) is 4.69. The van der Waals surface area contributed by atoms with Crippen LogP contribution in [0.4, 0.5) is 11.6 Å². The predicted molar refractivity (Wildman–Crippen MR) is 82.1 cm³/mol. The lowest BCUT2D eigenvalue weighted by atomic mass is 10.0. The predicted octanol–water partition coefficient (Wildman–Crippen LogP) is 1.78. The van der Waals surface area contributed by atoms with Gasteiger partial charge in [0.2, 0.25) is 0 Å². The minimum atomic E-state index is 0.544. The van der Waals surface area contributed by atoms with Crippen molar-refractivity contribution >= 4 is 11.6 Å². The van der Waals surface area contributed by atoms with E-state index in [0.717, 1.165) is 30.3 Å². The normalized spacial score (nSPS) is 21.1. The van der Waals surface area contributed by atoms with Crippen molar-refractivity contribution in [3.8, 4) is 0 Å². The van der Waals surface area contributed by atoms with Crippen LogP contribution in [0.25, 0.3) is 0 Å². The van der Waals surface area contributed by atoms with E-state index in [1.165, 1.54) is 25.7 Å². The van der Waals surface area contributed by atoms with Crippen molar-refractivity contribution in [2.45, 2.75) is 44.6 Å². The van der Waals surface area contributed by atoms with Crippen molar-refractivity contribution < 1.29 is 0 Å². The molecule has 5 heteroatoms. The van der Waals surface area contributed by atoms with Gasteiger partial charge in [-0.15, -0.1) is 0 Å². The van der Waals surface area contributed by atoms with E-state index in [1.807, 2.05) is 6.92 Å². The average Bonchev–Trinajstić information content (AvgIpc) is 3.26. The van der Waals surface area contributed by atoms with Gasteiger partial charge in [-0.1, -0.05) is 0 Å². The van der Waals surface area contributed by atoms with Crippen LogP contribution in [0.2, 0.25) is 0 Å². The minimum Gasteiger partial charge on any atom is -0.383 e. The molecule has 5 nitrogen and oxygen atoms in total. The molecule has 2 fully saturated rings. The van der Waals surface area contributed by atoms with E-state index in [9.17, 15) is 0 Å². The Kier molecular flexibility index (Phi) is 3.54. The van der Waals surface area contributed by atoms with Crippen molar-refractivity contribution in [2.24, 2.45) is 0 Å². The number of aromatic nitrogens is 2. The van der Waals surface area contributed by atoms with Crippen molar-refractivity contribution in [1.29, 1.82) is 0 Å². The standard InChI is InChI=1S/C15H25N5/c1-10-13(16)17-14(11-4-5-11)18-15(10)20(3)12-6-8-19(2)9-7-12/h11-12H,4-9H2,1-3H3,(H2,16,17,18). The SMILES string of the molecule is Cc1c(N)nc(C2CC2)nc1N(C)C1CCN(C)CC1. The maximum absolute atomic E-state index is 6.09. The summed E-state index contributed by atoms with van der Waals surface area (Å²) in [6.07, 6.45) is 4.80. The zero-order chi connectivity index (χ0) is 14.3. The molecule has 2 heterocycles. The second-order valence-electron chi connectivity index (χ2n) is 6.34. The molecule has 0 radical (unpaired) electrons. The topological polar surface area (TPSA) is 58.3 Å². The van der Waals surface area contributed by atoms with Gasteiger partial charge in [0.05, 0.1) is 0 Å². The molecule has 1 saturated heterocycles. The van der Waals surface area contributed by atoms with Crippen LogP contribution in [0.3, 0.4) is 0 Å². The van der Waals surface area contributed by atoms with E-state index in [4.69, 9.17) is 10.7 Å². The van der Waals surface area contributed by atoms with Gasteiger partial charge in [-0.25, -0.2) is 9.97 Å². The number of likely N-dealkylation sites (tertiary alicyclic amines) is 1. The monoisotopic (exact) mass is 275 g/mol. The molecule has 0 bridgehead atoms. The number of hydrogen-bond acceptors (Lipinski definition) is 5. The molecule has 2 aliphatic rings. The van der Waals surface area contributed by atoms with Crippen LogP contribution in [-0.4, -0.2) is 48.1 Å². The first-order valence-electron chi connectivity index (χ1n) is 7.61. The molecule has 1 aliphatic carbocycles. The van der Waals surface area contributed by atoms with Crippen LogP contribution in [0.1, 0.15) is 43.0 Å². The first-order chi connectivity index (χ1) is 9.56. The van der Waals surface area contributed by atoms with Gasteiger partial charge in [-0.05, 0) is 52.7 Å². The van der Waals surface area contributed by atoms with E-state index in [2.05, 4.69) is 28.9 Å². The molecule has 0 unspecified atom stereocenters. The Hall–Kier alpha value is -1.36. The number of piperidine rings is 1. The molecule has 1 aromatic heterocycles. The summed E-state index contributed by atoms with van der Waals surface area (Å²) in [7, 11) is 4.34. The Morgan fingerprint density at radius 1 is 1.15 bits per heavy atom. The highest BCUT2D eigenvalue weighted by Gasteiger charge is 2.29. The maximum atomic E-state index is 6.09. The third kappa shape index (κ3) is 2.59. The highest BCUT2D eigenvalue weighted by atomic mass is 15.2. The van der Waals surface area contributed by atoms with Crippen molar-refractivity contribution in [2.75, 3.05) is 37.8 Å². The highest BCUT2D eigenvalue weighted by molar-refractivity contribution is 5.57. The second kappa shape index (κ2) is 5.20. The quantitative estimate of drug-likeness (QED) is 0.911. The summed E-state index contributed by atoms with van der Waals surface area (Å²) in [6, 6.07) is 0.561. The van der Waals surface area contributed by atoms with E-state index in [-0.39, 0.29) is 0 Å². The molecule has 1 aliphatic heterocycles. The van der Waals surface area contributed by atoms with Crippen LogP contribution in [0.5, 0.6) is 0 Å². The zero-order valence-electron chi connectivity index (χ0n) is 12.8. The molecule has 110 valence electrons. The van der Waals surface area contributed by atoms with E-state index < -0.39 is 0 Å². The Morgan fingerprint density at radius 2 is 1.80 bits per heavy atom. The summed E-state index contributed by atoms with van der Waals surface area (Å²) in [5, 5.41) is 0. The molecule has 20 heavy (non-hydrogen) atoms. The number of hydrogen-bond donors (Lipinski definition) is 1.